The molecule has 4 N–H and O–H groups in total. The number of hydrogen-bond donors (Lipinski definition) is 3. The largest absolute Gasteiger partial charge is 0.376 e. The zero-order chi connectivity index (χ0) is 21.1. The molecule has 0 amide bonds. The first kappa shape index (κ1) is 20.6. The van der Waals surface area contributed by atoms with Crippen molar-refractivity contribution >= 4 is 34.3 Å². The van der Waals surface area contributed by atoms with Crippen LogP contribution in [0.2, 0.25) is 5.02 Å². The molecule has 2 aromatic rings. The number of halogens is 2. The number of anilines is 1. The summed E-state index contributed by atoms with van der Waals surface area (Å²) in [6.07, 6.45) is 3.91. The number of nitrogens with one attached hydrogen (secondary N) is 2. The van der Waals surface area contributed by atoms with Crippen LogP contribution >= 0.6 is 11.6 Å². The highest BCUT2D eigenvalue weighted by Gasteiger charge is 2.24. The van der Waals surface area contributed by atoms with Gasteiger partial charge in [0.15, 0.2) is 0 Å². The van der Waals surface area contributed by atoms with Gasteiger partial charge in [-0.15, -0.1) is 0 Å². The maximum absolute atomic E-state index is 14.4. The molecule has 4 rings (SSSR count). The van der Waals surface area contributed by atoms with E-state index in [2.05, 4.69) is 40.0 Å². The van der Waals surface area contributed by atoms with Gasteiger partial charge in [-0.25, -0.2) is 4.39 Å². The number of benzene rings is 2. The Labute approximate surface area is 180 Å². The molecule has 1 unspecified atom stereocenters. The molecular weight excluding hydrogens is 401 g/mol. The van der Waals surface area contributed by atoms with Gasteiger partial charge in [0.2, 0.25) is 0 Å². The summed E-state index contributed by atoms with van der Waals surface area (Å²) in [7, 11) is 0. The smallest absolute Gasteiger partial charge is 0.146 e. The molecule has 0 aliphatic carbocycles. The number of hydrogen-bond acceptors (Lipinski definition) is 5. The topological polar surface area (TPSA) is 74.8 Å². The number of fused-ring (bicyclic) bond motifs is 1. The fourth-order valence-corrected chi connectivity index (χ4v) is 4.19. The molecule has 1 atom stereocenters. The lowest BCUT2D eigenvalue weighted by Gasteiger charge is -2.23. The number of nitrogens with two attached hydrogens (primary N) is 1. The second kappa shape index (κ2) is 8.98. The molecule has 156 valence electrons. The molecule has 0 bridgehead atoms. The normalized spacial score (nSPS) is 19.4. The van der Waals surface area contributed by atoms with E-state index in [1.54, 1.807) is 12.1 Å². The lowest BCUT2D eigenvalue weighted by atomic mass is 9.89. The SMILES string of the molecule is CC(=NN)C1=NCCC(Nc2cc(Cl)ccc2F)c2cc(C3=CCNCC3)ccc21. The van der Waals surface area contributed by atoms with Gasteiger partial charge in [0, 0.05) is 23.7 Å². The third-order valence-corrected chi connectivity index (χ3v) is 5.83. The summed E-state index contributed by atoms with van der Waals surface area (Å²) in [5, 5.41) is 11.1. The summed E-state index contributed by atoms with van der Waals surface area (Å²) in [6, 6.07) is 10.8. The van der Waals surface area contributed by atoms with Gasteiger partial charge in [0.1, 0.15) is 5.82 Å². The van der Waals surface area contributed by atoms with Crippen LogP contribution in [0.4, 0.5) is 10.1 Å². The monoisotopic (exact) mass is 425 g/mol. The predicted molar refractivity (Wildman–Crippen MR) is 123 cm³/mol. The average molecular weight is 426 g/mol. The quantitative estimate of drug-likeness (QED) is 0.382. The van der Waals surface area contributed by atoms with E-state index in [1.165, 1.54) is 17.2 Å². The highest BCUT2D eigenvalue weighted by Crippen LogP contribution is 2.33. The molecule has 30 heavy (non-hydrogen) atoms. The molecule has 0 radical (unpaired) electrons. The van der Waals surface area contributed by atoms with Crippen LogP contribution in [0, 0.1) is 5.82 Å². The maximum Gasteiger partial charge on any atom is 0.146 e. The van der Waals surface area contributed by atoms with Crippen molar-refractivity contribution < 1.29 is 4.39 Å². The Morgan fingerprint density at radius 1 is 1.30 bits per heavy atom. The zero-order valence-corrected chi connectivity index (χ0v) is 17.6. The van der Waals surface area contributed by atoms with E-state index >= 15 is 0 Å². The first-order valence-electron chi connectivity index (χ1n) is 10.1. The van der Waals surface area contributed by atoms with Gasteiger partial charge < -0.3 is 16.5 Å². The van der Waals surface area contributed by atoms with Crippen molar-refractivity contribution in [3.05, 3.63) is 70.0 Å². The first-order valence-corrected chi connectivity index (χ1v) is 10.5. The van der Waals surface area contributed by atoms with Crippen LogP contribution in [0.5, 0.6) is 0 Å². The summed E-state index contributed by atoms with van der Waals surface area (Å²) >= 11 is 6.10. The van der Waals surface area contributed by atoms with Crippen molar-refractivity contribution in [2.45, 2.75) is 25.8 Å². The molecule has 0 spiro atoms. The van der Waals surface area contributed by atoms with Crippen LogP contribution in [-0.4, -0.2) is 31.1 Å². The second-order valence-corrected chi connectivity index (χ2v) is 7.98. The molecule has 2 aliphatic heterocycles. The molecule has 7 heteroatoms. The van der Waals surface area contributed by atoms with E-state index < -0.39 is 0 Å². The van der Waals surface area contributed by atoms with E-state index in [4.69, 9.17) is 22.4 Å². The summed E-state index contributed by atoms with van der Waals surface area (Å²) in [6.45, 7) is 4.27. The van der Waals surface area contributed by atoms with Gasteiger partial charge in [-0.3, -0.25) is 4.99 Å². The molecular formula is C23H25ClFN5. The number of aliphatic imine (C=N–C) groups is 1. The molecule has 0 saturated heterocycles. The Kier molecular flexibility index (Phi) is 6.16. The van der Waals surface area contributed by atoms with Crippen molar-refractivity contribution in [3.8, 4) is 0 Å². The van der Waals surface area contributed by atoms with Gasteiger partial charge in [-0.1, -0.05) is 29.8 Å². The van der Waals surface area contributed by atoms with Crippen LogP contribution in [-0.2, 0) is 0 Å². The standard InChI is InChI=1S/C23H25ClFN5/c1-14(30-26)23-18-4-2-16(15-6-9-27-10-7-15)12-19(18)21(8-11-28-23)29-22-13-17(24)3-5-20(22)25/h2-6,12-13,21,27,29H,7-11,26H2,1H3. The highest BCUT2D eigenvalue weighted by molar-refractivity contribution is 6.48. The molecule has 0 fully saturated rings. The van der Waals surface area contributed by atoms with Gasteiger partial charge in [-0.2, -0.15) is 5.10 Å². The Bertz CT molecular complexity index is 1040. The minimum atomic E-state index is -0.330. The van der Waals surface area contributed by atoms with Crippen LogP contribution in [0.1, 0.15) is 42.5 Å². The van der Waals surface area contributed by atoms with Gasteiger partial charge in [0.05, 0.1) is 23.2 Å². The van der Waals surface area contributed by atoms with E-state index in [0.29, 0.717) is 29.4 Å². The van der Waals surface area contributed by atoms with Crippen LogP contribution in [0.3, 0.4) is 0 Å². The van der Waals surface area contributed by atoms with Gasteiger partial charge in [-0.05, 0) is 67.3 Å². The third kappa shape index (κ3) is 4.25. The summed E-state index contributed by atoms with van der Waals surface area (Å²) < 4.78 is 14.4. The Morgan fingerprint density at radius 3 is 2.93 bits per heavy atom. The maximum atomic E-state index is 14.4. The summed E-state index contributed by atoms with van der Waals surface area (Å²) in [5.74, 6) is 5.23. The van der Waals surface area contributed by atoms with E-state index in [1.807, 2.05) is 6.92 Å². The number of nitrogens with zero attached hydrogens (tertiary/aromatic N) is 2. The third-order valence-electron chi connectivity index (χ3n) is 5.60. The molecule has 2 aliphatic rings. The zero-order valence-electron chi connectivity index (χ0n) is 16.9. The van der Waals surface area contributed by atoms with Gasteiger partial charge >= 0.3 is 0 Å². The van der Waals surface area contributed by atoms with E-state index in [-0.39, 0.29) is 11.9 Å². The Balaban J connectivity index is 1.79. The summed E-state index contributed by atoms with van der Waals surface area (Å²) in [4.78, 5) is 4.73. The molecule has 2 heterocycles. The lowest BCUT2D eigenvalue weighted by molar-refractivity contribution is 0.622. The second-order valence-electron chi connectivity index (χ2n) is 7.54. The fraction of sp³-hybridized carbons (Fsp3) is 0.304. The average Bonchev–Trinajstić information content (AvgIpc) is 2.95. The van der Waals surface area contributed by atoms with Crippen LogP contribution in [0.25, 0.3) is 5.57 Å². The molecule has 2 aromatic carbocycles. The minimum absolute atomic E-state index is 0.123. The molecule has 5 nitrogen and oxygen atoms in total. The van der Waals surface area contributed by atoms with Gasteiger partial charge in [0.25, 0.3) is 0 Å². The Morgan fingerprint density at radius 2 is 2.17 bits per heavy atom. The van der Waals surface area contributed by atoms with Crippen LogP contribution in [0.15, 0.2) is 52.6 Å². The molecule has 0 aromatic heterocycles. The molecule has 0 saturated carbocycles. The Hall–Kier alpha value is -2.70. The number of rotatable bonds is 4. The van der Waals surface area contributed by atoms with Crippen molar-refractivity contribution in [2.75, 3.05) is 25.0 Å². The van der Waals surface area contributed by atoms with E-state index in [0.717, 1.165) is 36.3 Å². The van der Waals surface area contributed by atoms with Crippen molar-refractivity contribution in [1.29, 1.82) is 0 Å². The van der Waals surface area contributed by atoms with Crippen LogP contribution < -0.4 is 16.5 Å². The predicted octanol–water partition coefficient (Wildman–Crippen LogP) is 4.54. The summed E-state index contributed by atoms with van der Waals surface area (Å²) in [5.41, 5.74) is 6.38. The minimum Gasteiger partial charge on any atom is -0.376 e. The van der Waals surface area contributed by atoms with Crippen molar-refractivity contribution in [2.24, 2.45) is 15.9 Å². The van der Waals surface area contributed by atoms with Crippen molar-refractivity contribution in [3.63, 3.8) is 0 Å². The highest BCUT2D eigenvalue weighted by atomic mass is 35.5. The number of hydrazone groups is 1. The fourth-order valence-electron chi connectivity index (χ4n) is 4.01. The van der Waals surface area contributed by atoms with E-state index in [9.17, 15) is 4.39 Å². The lowest BCUT2D eigenvalue weighted by Crippen LogP contribution is -2.21. The first-order chi connectivity index (χ1) is 14.6. The van der Waals surface area contributed by atoms with Crippen molar-refractivity contribution in [1.82, 2.24) is 5.32 Å².